The van der Waals surface area contributed by atoms with E-state index in [4.69, 9.17) is 4.74 Å². The number of hydrogen-bond acceptors (Lipinski definition) is 5. The zero-order chi connectivity index (χ0) is 17.2. The summed E-state index contributed by atoms with van der Waals surface area (Å²) in [6.45, 7) is 0.631. The number of ether oxygens (including phenoxy) is 1. The second-order valence-electron chi connectivity index (χ2n) is 6.65. The van der Waals surface area contributed by atoms with Crippen molar-refractivity contribution in [2.75, 3.05) is 11.9 Å². The topological polar surface area (TPSA) is 81.1 Å². The zero-order valence-electron chi connectivity index (χ0n) is 14.3. The highest BCUT2D eigenvalue weighted by Gasteiger charge is 2.27. The van der Waals surface area contributed by atoms with Gasteiger partial charge in [-0.1, -0.05) is 0 Å². The van der Waals surface area contributed by atoms with Gasteiger partial charge in [0.1, 0.15) is 6.10 Å². The molecule has 2 aliphatic rings. The summed E-state index contributed by atoms with van der Waals surface area (Å²) in [6, 6.07) is 1.87. The number of amides is 2. The summed E-state index contributed by atoms with van der Waals surface area (Å²) in [5, 5.41) is 10.9. The minimum absolute atomic E-state index is 0.0290. The predicted molar refractivity (Wildman–Crippen MR) is 95.8 cm³/mol. The first kappa shape index (κ1) is 16.5. The third-order valence-corrected chi connectivity index (χ3v) is 5.95. The number of nitrogens with one attached hydrogen (secondary N) is 2. The molecule has 2 aromatic heterocycles. The van der Waals surface area contributed by atoms with Gasteiger partial charge in [-0.3, -0.25) is 10.00 Å². The van der Waals surface area contributed by atoms with Crippen molar-refractivity contribution >= 4 is 22.5 Å². The Morgan fingerprint density at radius 3 is 3.08 bits per heavy atom. The van der Waals surface area contributed by atoms with Crippen LogP contribution < -0.4 is 10.6 Å². The lowest BCUT2D eigenvalue weighted by Gasteiger charge is -2.30. The maximum Gasteiger partial charge on any atom is 0.321 e. The van der Waals surface area contributed by atoms with Crippen molar-refractivity contribution in [1.29, 1.82) is 0 Å². The molecule has 1 aliphatic carbocycles. The monoisotopic (exact) mass is 361 g/mol. The highest BCUT2D eigenvalue weighted by molar-refractivity contribution is 7.15. The average molecular weight is 361 g/mol. The number of rotatable bonds is 3. The van der Waals surface area contributed by atoms with Gasteiger partial charge < -0.3 is 10.1 Å². The Morgan fingerprint density at radius 2 is 2.28 bits per heavy atom. The molecule has 0 spiro atoms. The number of nitrogens with zero attached hydrogens (tertiary/aromatic N) is 3. The first-order chi connectivity index (χ1) is 12.2. The summed E-state index contributed by atoms with van der Waals surface area (Å²) in [5.41, 5.74) is 2.20. The fourth-order valence-corrected chi connectivity index (χ4v) is 4.60. The molecule has 3 heterocycles. The fraction of sp³-hybridized carbons (Fsp3) is 0.588. The van der Waals surface area contributed by atoms with Crippen molar-refractivity contribution in [2.45, 2.75) is 50.7 Å². The number of fused-ring (bicyclic) bond motifs is 1. The highest BCUT2D eigenvalue weighted by Crippen LogP contribution is 2.30. The summed E-state index contributed by atoms with van der Waals surface area (Å²) in [5.74, 6) is 0. The second-order valence-corrected chi connectivity index (χ2v) is 7.74. The molecule has 2 atom stereocenters. The van der Waals surface area contributed by atoms with Gasteiger partial charge in [-0.15, -0.1) is 11.3 Å². The van der Waals surface area contributed by atoms with Crippen LogP contribution in [-0.4, -0.2) is 33.4 Å². The summed E-state index contributed by atoms with van der Waals surface area (Å²) in [7, 11) is 1.91. The highest BCUT2D eigenvalue weighted by atomic mass is 32.1. The van der Waals surface area contributed by atoms with Crippen LogP contribution in [-0.2, 0) is 24.6 Å². The molecule has 4 rings (SSSR count). The average Bonchev–Trinajstić information content (AvgIpc) is 3.20. The number of carbonyl (C=O) groups excluding carboxylic acids is 1. The molecule has 1 saturated heterocycles. The first-order valence-corrected chi connectivity index (χ1v) is 9.66. The Bertz CT molecular complexity index is 733. The number of carbonyl (C=O) groups is 1. The van der Waals surface area contributed by atoms with Crippen molar-refractivity contribution in [3.8, 4) is 0 Å². The summed E-state index contributed by atoms with van der Waals surface area (Å²) in [6.07, 6.45) is 7.84. The van der Waals surface area contributed by atoms with E-state index >= 15 is 0 Å². The smallest absolute Gasteiger partial charge is 0.321 e. The third kappa shape index (κ3) is 3.69. The molecule has 2 aromatic rings. The largest absolute Gasteiger partial charge is 0.372 e. The third-order valence-electron chi connectivity index (χ3n) is 4.87. The maximum atomic E-state index is 12.3. The van der Waals surface area contributed by atoms with Crippen LogP contribution >= 0.6 is 11.3 Å². The molecule has 7 nitrogen and oxygen atoms in total. The molecular formula is C17H23N5O2S. The Kier molecular flexibility index (Phi) is 4.72. The molecule has 0 bridgehead atoms. The van der Waals surface area contributed by atoms with E-state index in [9.17, 15) is 4.79 Å². The van der Waals surface area contributed by atoms with Crippen molar-refractivity contribution in [2.24, 2.45) is 7.05 Å². The minimum Gasteiger partial charge on any atom is -0.372 e. The standard InChI is InChI=1S/C17H23N5O2S/c1-22-13(6-8-18-22)14-10-11(7-9-24-14)19-16(23)21-17-20-12-4-2-3-5-15(12)25-17/h6,8,11,14H,2-5,7,9-10H2,1H3,(H2,19,20,21,23). The molecule has 0 aromatic carbocycles. The van der Waals surface area contributed by atoms with Gasteiger partial charge in [-0.2, -0.15) is 5.10 Å². The van der Waals surface area contributed by atoms with Crippen LogP contribution in [0.4, 0.5) is 9.93 Å². The van der Waals surface area contributed by atoms with E-state index in [1.165, 1.54) is 17.7 Å². The Balaban J connectivity index is 1.34. The molecule has 0 radical (unpaired) electrons. The molecule has 8 heteroatoms. The zero-order valence-corrected chi connectivity index (χ0v) is 15.1. The van der Waals surface area contributed by atoms with Gasteiger partial charge in [0.25, 0.3) is 0 Å². The molecule has 1 fully saturated rings. The van der Waals surface area contributed by atoms with Crippen molar-refractivity contribution in [3.05, 3.63) is 28.5 Å². The normalized spacial score (nSPS) is 23.1. The lowest BCUT2D eigenvalue weighted by molar-refractivity contribution is -0.00204. The molecule has 0 saturated carbocycles. The van der Waals surface area contributed by atoms with E-state index in [-0.39, 0.29) is 18.2 Å². The molecule has 2 unspecified atom stereocenters. The Morgan fingerprint density at radius 1 is 1.40 bits per heavy atom. The second kappa shape index (κ2) is 7.13. The maximum absolute atomic E-state index is 12.3. The van der Waals surface area contributed by atoms with E-state index < -0.39 is 0 Å². The van der Waals surface area contributed by atoms with Crippen LogP contribution in [0.2, 0.25) is 0 Å². The van der Waals surface area contributed by atoms with Gasteiger partial charge in [-0.25, -0.2) is 9.78 Å². The Hall–Kier alpha value is -1.93. The number of hydrogen-bond donors (Lipinski definition) is 2. The van der Waals surface area contributed by atoms with E-state index in [0.29, 0.717) is 11.7 Å². The Labute approximate surface area is 150 Å². The van der Waals surface area contributed by atoms with Gasteiger partial charge in [0.2, 0.25) is 0 Å². The summed E-state index contributed by atoms with van der Waals surface area (Å²) in [4.78, 5) is 18.2. The molecule has 2 N–H and O–H groups in total. The minimum atomic E-state index is -0.179. The number of aromatic nitrogens is 3. The van der Waals surface area contributed by atoms with Gasteiger partial charge in [-0.05, 0) is 44.6 Å². The van der Waals surface area contributed by atoms with Gasteiger partial charge >= 0.3 is 6.03 Å². The number of urea groups is 1. The van der Waals surface area contributed by atoms with Gasteiger partial charge in [0.15, 0.2) is 5.13 Å². The van der Waals surface area contributed by atoms with E-state index in [1.54, 1.807) is 17.5 Å². The van der Waals surface area contributed by atoms with Crippen LogP contribution in [0.5, 0.6) is 0 Å². The quantitative estimate of drug-likeness (QED) is 0.881. The van der Waals surface area contributed by atoms with Gasteiger partial charge in [0.05, 0.1) is 11.4 Å². The van der Waals surface area contributed by atoms with Crippen LogP contribution in [0.25, 0.3) is 0 Å². The lowest BCUT2D eigenvalue weighted by Crippen LogP contribution is -2.42. The predicted octanol–water partition coefficient (Wildman–Crippen LogP) is 2.80. The number of anilines is 1. The molecule has 134 valence electrons. The summed E-state index contributed by atoms with van der Waals surface area (Å²) >= 11 is 1.61. The first-order valence-electron chi connectivity index (χ1n) is 8.84. The van der Waals surface area contributed by atoms with Crippen LogP contribution in [0.3, 0.4) is 0 Å². The SMILES string of the molecule is Cn1nccc1C1CC(NC(=O)Nc2nc3c(s2)CCCC3)CCO1. The van der Waals surface area contributed by atoms with E-state index in [0.717, 1.165) is 37.1 Å². The van der Waals surface area contributed by atoms with Crippen molar-refractivity contribution in [3.63, 3.8) is 0 Å². The van der Waals surface area contributed by atoms with Crippen molar-refractivity contribution < 1.29 is 9.53 Å². The molecular weight excluding hydrogens is 338 g/mol. The van der Waals surface area contributed by atoms with E-state index in [1.807, 2.05) is 17.8 Å². The lowest BCUT2D eigenvalue weighted by atomic mass is 10.0. The summed E-state index contributed by atoms with van der Waals surface area (Å²) < 4.78 is 7.67. The fourth-order valence-electron chi connectivity index (χ4n) is 3.56. The van der Waals surface area contributed by atoms with Gasteiger partial charge in [0, 0.05) is 30.8 Å². The number of aryl methyl sites for hydroxylation is 3. The van der Waals surface area contributed by atoms with E-state index in [2.05, 4.69) is 20.7 Å². The van der Waals surface area contributed by atoms with Crippen LogP contribution in [0.1, 0.15) is 48.1 Å². The number of thiazole rings is 1. The molecule has 2 amide bonds. The molecule has 1 aliphatic heterocycles. The van der Waals surface area contributed by atoms with Crippen LogP contribution in [0.15, 0.2) is 12.3 Å². The van der Waals surface area contributed by atoms with Crippen LogP contribution in [0, 0.1) is 0 Å². The molecule has 25 heavy (non-hydrogen) atoms. The van der Waals surface area contributed by atoms with Crippen molar-refractivity contribution in [1.82, 2.24) is 20.1 Å².